The fourth-order valence-electron chi connectivity index (χ4n) is 4.88. The number of nitrogens with one attached hydrogen (secondary N) is 4. The molecule has 3 rings (SSSR count). The van der Waals surface area contributed by atoms with Gasteiger partial charge < -0.3 is 31.5 Å². The summed E-state index contributed by atoms with van der Waals surface area (Å²) in [5, 5.41) is 36.4. The zero-order valence-electron chi connectivity index (χ0n) is 25.0. The number of benzene rings is 2. The molecule has 0 atom stereocenters. The lowest BCUT2D eigenvalue weighted by Crippen LogP contribution is -2.30. The first kappa shape index (κ1) is 30.4. The summed E-state index contributed by atoms with van der Waals surface area (Å²) in [6, 6.07) is 8.59. The average Bonchev–Trinajstić information content (AvgIpc) is 2.81. The molecule has 0 aromatic heterocycles. The number of phenolic OH excluding ortho intramolecular Hbond substituents is 2. The molecule has 0 saturated heterocycles. The summed E-state index contributed by atoms with van der Waals surface area (Å²) in [4.78, 5) is 0. The molecule has 6 heteroatoms. The van der Waals surface area contributed by atoms with E-state index in [1.165, 1.54) is 11.1 Å². The average molecular weight is 525 g/mol. The second-order valence-electron chi connectivity index (χ2n) is 13.5. The highest BCUT2D eigenvalue weighted by molar-refractivity contribution is 5.46. The van der Waals surface area contributed by atoms with E-state index in [1.807, 2.05) is 0 Å². The van der Waals surface area contributed by atoms with Crippen LogP contribution in [0.2, 0.25) is 0 Å². The van der Waals surface area contributed by atoms with E-state index in [-0.39, 0.29) is 10.8 Å². The van der Waals surface area contributed by atoms with Crippen LogP contribution in [0.15, 0.2) is 24.3 Å². The van der Waals surface area contributed by atoms with Crippen LogP contribution in [0.25, 0.3) is 0 Å². The lowest BCUT2D eigenvalue weighted by Gasteiger charge is -2.24. The van der Waals surface area contributed by atoms with Gasteiger partial charge in [0.15, 0.2) is 0 Å². The van der Waals surface area contributed by atoms with E-state index < -0.39 is 0 Å². The van der Waals surface area contributed by atoms with Gasteiger partial charge in [0.2, 0.25) is 0 Å². The van der Waals surface area contributed by atoms with E-state index in [9.17, 15) is 10.2 Å². The maximum atomic E-state index is 11.1. The first-order valence-electron chi connectivity index (χ1n) is 14.3. The molecule has 212 valence electrons. The number of hydrogen-bond acceptors (Lipinski definition) is 6. The summed E-state index contributed by atoms with van der Waals surface area (Å²) in [7, 11) is 0. The summed E-state index contributed by atoms with van der Waals surface area (Å²) in [5.74, 6) is 1.58. The van der Waals surface area contributed by atoms with Gasteiger partial charge in [-0.15, -0.1) is 0 Å². The maximum absolute atomic E-state index is 11.1. The highest BCUT2D eigenvalue weighted by atomic mass is 16.3. The van der Waals surface area contributed by atoms with Gasteiger partial charge in [-0.25, -0.2) is 0 Å². The Labute approximate surface area is 231 Å². The Hall–Kier alpha value is -2.12. The highest BCUT2D eigenvalue weighted by Crippen LogP contribution is 2.32. The van der Waals surface area contributed by atoms with Gasteiger partial charge in [-0.05, 0) is 60.0 Å². The van der Waals surface area contributed by atoms with Gasteiger partial charge in [-0.3, -0.25) is 0 Å². The van der Waals surface area contributed by atoms with Crippen molar-refractivity contribution in [2.24, 2.45) is 11.8 Å². The zero-order chi connectivity index (χ0) is 28.1. The third-order valence-electron chi connectivity index (χ3n) is 7.50. The molecular formula is C32H52N4O2. The van der Waals surface area contributed by atoms with Crippen molar-refractivity contribution >= 4 is 0 Å². The number of aromatic hydroxyl groups is 2. The molecule has 6 nitrogen and oxygen atoms in total. The molecule has 0 unspecified atom stereocenters. The molecule has 6 N–H and O–H groups in total. The Morgan fingerprint density at radius 3 is 0.974 bits per heavy atom. The summed E-state index contributed by atoms with van der Waals surface area (Å²) in [5.41, 5.74) is 6.31. The van der Waals surface area contributed by atoms with Gasteiger partial charge in [-0.2, -0.15) is 0 Å². The summed E-state index contributed by atoms with van der Waals surface area (Å²) in [6.45, 7) is 23.6. The van der Waals surface area contributed by atoms with E-state index in [4.69, 9.17) is 0 Å². The topological polar surface area (TPSA) is 88.6 Å². The van der Waals surface area contributed by atoms with E-state index >= 15 is 0 Å². The van der Waals surface area contributed by atoms with E-state index in [1.54, 1.807) is 0 Å². The van der Waals surface area contributed by atoms with Crippen LogP contribution in [0.5, 0.6) is 11.5 Å². The normalized spacial score (nSPS) is 21.2. The minimum atomic E-state index is 0.00762. The predicted molar refractivity (Wildman–Crippen MR) is 159 cm³/mol. The molecule has 2 aromatic carbocycles. The number of fused-ring (bicyclic) bond motifs is 4. The third kappa shape index (κ3) is 8.44. The van der Waals surface area contributed by atoms with Crippen molar-refractivity contribution in [3.63, 3.8) is 0 Å². The van der Waals surface area contributed by atoms with Crippen molar-refractivity contribution in [2.75, 3.05) is 26.2 Å². The van der Waals surface area contributed by atoms with Crippen LogP contribution < -0.4 is 21.3 Å². The van der Waals surface area contributed by atoms with Gasteiger partial charge in [-0.1, -0.05) is 79.7 Å². The second kappa shape index (κ2) is 12.8. The minimum absolute atomic E-state index is 0.00762. The minimum Gasteiger partial charge on any atom is -0.507 e. The standard InChI is InChI=1S/C32H52N4O2/c1-21-13-33-17-23-9-27(31(3,4)5)11-25(29(23)37)19-35-15-22(2)16-36-20-26-12-28(32(6,7)8)10-24(30(26)38)18-34-14-21/h9-12,21-22,33-38H,13-20H2,1-8H3. The number of phenols is 2. The van der Waals surface area contributed by atoms with Gasteiger partial charge in [0.25, 0.3) is 0 Å². The monoisotopic (exact) mass is 524 g/mol. The SMILES string of the molecule is CC1CNCc2cc(C(C)(C)C)cc(c2O)CNCC(C)CNCc2cc(C(C)(C)C)cc(c2O)CNC1. The quantitative estimate of drug-likeness (QED) is 0.290. The molecule has 38 heavy (non-hydrogen) atoms. The smallest absolute Gasteiger partial charge is 0.124 e. The first-order chi connectivity index (χ1) is 17.8. The number of hydrogen-bond donors (Lipinski definition) is 6. The lowest BCUT2D eigenvalue weighted by molar-refractivity contribution is 0.426. The predicted octanol–water partition coefficient (Wildman–Crippen LogP) is 5.04. The van der Waals surface area contributed by atoms with Crippen LogP contribution in [0, 0.1) is 11.8 Å². The van der Waals surface area contributed by atoms with Gasteiger partial charge in [0.05, 0.1) is 0 Å². The molecule has 0 spiro atoms. The highest BCUT2D eigenvalue weighted by Gasteiger charge is 2.21. The van der Waals surface area contributed by atoms with Crippen molar-refractivity contribution in [1.29, 1.82) is 0 Å². The number of rotatable bonds is 0. The van der Waals surface area contributed by atoms with E-state index in [2.05, 4.69) is 101 Å². The Morgan fingerprint density at radius 2 is 0.763 bits per heavy atom. The van der Waals surface area contributed by atoms with Gasteiger partial charge in [0.1, 0.15) is 11.5 Å². The van der Waals surface area contributed by atoms with Crippen LogP contribution in [-0.2, 0) is 37.0 Å². The Balaban J connectivity index is 1.83. The summed E-state index contributed by atoms with van der Waals surface area (Å²) < 4.78 is 0. The first-order valence-corrected chi connectivity index (χ1v) is 14.3. The van der Waals surface area contributed by atoms with Crippen molar-refractivity contribution in [3.05, 3.63) is 57.6 Å². The lowest BCUT2D eigenvalue weighted by atomic mass is 9.84. The molecule has 0 radical (unpaired) electrons. The zero-order valence-corrected chi connectivity index (χ0v) is 25.0. The van der Waals surface area contributed by atoms with Crippen molar-refractivity contribution < 1.29 is 10.2 Å². The molecule has 0 aliphatic carbocycles. The molecule has 2 aromatic rings. The Kier molecular flexibility index (Phi) is 10.3. The molecule has 0 fully saturated rings. The summed E-state index contributed by atoms with van der Waals surface area (Å²) >= 11 is 0. The molecule has 4 bridgehead atoms. The fourth-order valence-corrected chi connectivity index (χ4v) is 4.88. The Bertz CT molecular complexity index is 921. The van der Waals surface area contributed by atoms with E-state index in [0.29, 0.717) is 49.5 Å². The van der Waals surface area contributed by atoms with Gasteiger partial charge in [0, 0.05) is 48.4 Å². The molecular weight excluding hydrogens is 472 g/mol. The van der Waals surface area contributed by atoms with Crippen LogP contribution in [0.3, 0.4) is 0 Å². The molecule has 1 heterocycles. The van der Waals surface area contributed by atoms with Crippen LogP contribution in [0.4, 0.5) is 0 Å². The third-order valence-corrected chi connectivity index (χ3v) is 7.50. The second-order valence-corrected chi connectivity index (χ2v) is 13.5. The maximum Gasteiger partial charge on any atom is 0.124 e. The van der Waals surface area contributed by atoms with Crippen molar-refractivity contribution in [3.8, 4) is 11.5 Å². The molecule has 0 saturated carbocycles. The van der Waals surface area contributed by atoms with Gasteiger partial charge >= 0.3 is 0 Å². The summed E-state index contributed by atoms with van der Waals surface area (Å²) in [6.07, 6.45) is 0. The largest absolute Gasteiger partial charge is 0.507 e. The molecule has 1 aliphatic rings. The van der Waals surface area contributed by atoms with Crippen LogP contribution in [-0.4, -0.2) is 36.4 Å². The van der Waals surface area contributed by atoms with Crippen LogP contribution >= 0.6 is 0 Å². The Morgan fingerprint density at radius 1 is 0.526 bits per heavy atom. The van der Waals surface area contributed by atoms with Crippen molar-refractivity contribution in [1.82, 2.24) is 21.3 Å². The molecule has 1 aliphatic heterocycles. The van der Waals surface area contributed by atoms with Crippen LogP contribution in [0.1, 0.15) is 88.8 Å². The molecule has 0 amide bonds. The van der Waals surface area contributed by atoms with E-state index in [0.717, 1.165) is 48.4 Å². The fraction of sp³-hybridized carbons (Fsp3) is 0.625. The van der Waals surface area contributed by atoms with Crippen molar-refractivity contribution in [2.45, 2.75) is 92.4 Å².